The first-order valence-corrected chi connectivity index (χ1v) is 5.84. The van der Waals surface area contributed by atoms with E-state index in [1.807, 2.05) is 25.2 Å². The lowest BCUT2D eigenvalue weighted by atomic mass is 10.1. The summed E-state index contributed by atoms with van der Waals surface area (Å²) in [5.41, 5.74) is 3.08. The van der Waals surface area contributed by atoms with Crippen LogP contribution in [0.2, 0.25) is 0 Å². The Hall–Kier alpha value is -1.94. The molecule has 0 spiro atoms. The van der Waals surface area contributed by atoms with Crippen LogP contribution in [0.4, 0.5) is 5.82 Å². The maximum atomic E-state index is 5.12. The van der Waals surface area contributed by atoms with Gasteiger partial charge >= 0.3 is 0 Å². The third-order valence-corrected chi connectivity index (χ3v) is 2.60. The SMILES string of the molecule is CNc1cc(COC)nc(-c2cccc(C)c2)n1. The maximum absolute atomic E-state index is 5.12. The minimum atomic E-state index is 0.482. The van der Waals surface area contributed by atoms with E-state index < -0.39 is 0 Å². The van der Waals surface area contributed by atoms with Crippen LogP contribution in [0.15, 0.2) is 30.3 Å². The second-order valence-corrected chi connectivity index (χ2v) is 4.12. The molecule has 1 aromatic heterocycles. The topological polar surface area (TPSA) is 47.0 Å². The van der Waals surface area contributed by atoms with Crippen LogP contribution < -0.4 is 5.32 Å². The van der Waals surface area contributed by atoms with E-state index in [9.17, 15) is 0 Å². The van der Waals surface area contributed by atoms with E-state index in [0.29, 0.717) is 6.61 Å². The summed E-state index contributed by atoms with van der Waals surface area (Å²) in [5.74, 6) is 1.52. The molecule has 18 heavy (non-hydrogen) atoms. The summed E-state index contributed by atoms with van der Waals surface area (Å²) < 4.78 is 5.12. The standard InChI is InChI=1S/C14H17N3O/c1-10-5-4-6-11(7-10)14-16-12(9-18-3)8-13(15-2)17-14/h4-8H,9H2,1-3H3,(H,15,16,17). The largest absolute Gasteiger partial charge is 0.378 e. The van der Waals surface area contributed by atoms with Crippen molar-refractivity contribution >= 4 is 5.82 Å². The molecule has 0 bridgehead atoms. The monoisotopic (exact) mass is 243 g/mol. The number of hydrogen-bond acceptors (Lipinski definition) is 4. The van der Waals surface area contributed by atoms with Gasteiger partial charge in [0, 0.05) is 25.8 Å². The number of nitrogens with zero attached hydrogens (tertiary/aromatic N) is 2. The number of aryl methyl sites for hydroxylation is 1. The summed E-state index contributed by atoms with van der Waals surface area (Å²) in [6.45, 7) is 2.54. The molecule has 0 saturated heterocycles. The minimum absolute atomic E-state index is 0.482. The normalized spacial score (nSPS) is 10.4. The predicted molar refractivity (Wildman–Crippen MR) is 72.5 cm³/mol. The number of benzene rings is 1. The fraction of sp³-hybridized carbons (Fsp3) is 0.286. The van der Waals surface area contributed by atoms with Crippen LogP contribution in [-0.4, -0.2) is 24.1 Å². The summed E-state index contributed by atoms with van der Waals surface area (Å²) >= 11 is 0. The highest BCUT2D eigenvalue weighted by atomic mass is 16.5. The number of methoxy groups -OCH3 is 1. The van der Waals surface area contributed by atoms with Crippen molar-refractivity contribution in [3.63, 3.8) is 0 Å². The van der Waals surface area contributed by atoms with E-state index in [1.165, 1.54) is 5.56 Å². The summed E-state index contributed by atoms with van der Waals surface area (Å²) in [7, 11) is 3.51. The number of nitrogens with one attached hydrogen (secondary N) is 1. The lowest BCUT2D eigenvalue weighted by molar-refractivity contribution is 0.181. The van der Waals surface area contributed by atoms with Gasteiger partial charge in [0.2, 0.25) is 0 Å². The summed E-state index contributed by atoms with van der Waals surface area (Å²) in [5, 5.41) is 3.04. The molecule has 0 radical (unpaired) electrons. The van der Waals surface area contributed by atoms with Gasteiger partial charge in [0.05, 0.1) is 12.3 Å². The Balaban J connectivity index is 2.46. The number of aromatic nitrogens is 2. The molecule has 94 valence electrons. The first-order valence-electron chi connectivity index (χ1n) is 5.84. The van der Waals surface area contributed by atoms with Crippen molar-refractivity contribution in [2.45, 2.75) is 13.5 Å². The van der Waals surface area contributed by atoms with Crippen LogP contribution in [0.25, 0.3) is 11.4 Å². The van der Waals surface area contributed by atoms with E-state index >= 15 is 0 Å². The molecule has 0 unspecified atom stereocenters. The highest BCUT2D eigenvalue weighted by Gasteiger charge is 2.06. The summed E-state index contributed by atoms with van der Waals surface area (Å²) in [6, 6.07) is 10.0. The second kappa shape index (κ2) is 5.60. The molecule has 0 aliphatic carbocycles. The molecular weight excluding hydrogens is 226 g/mol. The molecule has 2 rings (SSSR count). The van der Waals surface area contributed by atoms with Crippen molar-refractivity contribution in [1.82, 2.24) is 9.97 Å². The van der Waals surface area contributed by atoms with E-state index in [4.69, 9.17) is 4.74 Å². The van der Waals surface area contributed by atoms with Gasteiger partial charge in [-0.1, -0.05) is 23.8 Å². The average molecular weight is 243 g/mol. The highest BCUT2D eigenvalue weighted by Crippen LogP contribution is 2.19. The predicted octanol–water partition coefficient (Wildman–Crippen LogP) is 2.64. The molecule has 0 aliphatic heterocycles. The fourth-order valence-corrected chi connectivity index (χ4v) is 1.76. The van der Waals surface area contributed by atoms with Crippen LogP contribution in [0.5, 0.6) is 0 Å². The van der Waals surface area contributed by atoms with E-state index in [1.54, 1.807) is 7.11 Å². The van der Waals surface area contributed by atoms with Gasteiger partial charge < -0.3 is 10.1 Å². The molecule has 2 aromatic rings. The molecule has 0 saturated carbocycles. The van der Waals surface area contributed by atoms with Gasteiger partial charge in [-0.15, -0.1) is 0 Å². The molecule has 1 aromatic carbocycles. The smallest absolute Gasteiger partial charge is 0.161 e. The zero-order chi connectivity index (χ0) is 13.0. The van der Waals surface area contributed by atoms with E-state index in [-0.39, 0.29) is 0 Å². The first kappa shape index (κ1) is 12.5. The van der Waals surface area contributed by atoms with E-state index in [0.717, 1.165) is 22.9 Å². The lowest BCUT2D eigenvalue weighted by Crippen LogP contribution is -2.01. The van der Waals surface area contributed by atoms with Gasteiger partial charge in [0.25, 0.3) is 0 Å². The van der Waals surface area contributed by atoms with Gasteiger partial charge in [0.1, 0.15) is 5.82 Å². The van der Waals surface area contributed by atoms with Crippen LogP contribution in [0.1, 0.15) is 11.3 Å². The molecule has 1 heterocycles. The quantitative estimate of drug-likeness (QED) is 0.896. The molecule has 0 aliphatic rings. The van der Waals surface area contributed by atoms with Crippen molar-refractivity contribution < 1.29 is 4.74 Å². The molecular formula is C14H17N3O. The van der Waals surface area contributed by atoms with Crippen molar-refractivity contribution in [3.05, 3.63) is 41.6 Å². The summed E-state index contributed by atoms with van der Waals surface area (Å²) in [4.78, 5) is 8.97. The first-order chi connectivity index (χ1) is 8.72. The number of anilines is 1. The second-order valence-electron chi connectivity index (χ2n) is 4.12. The van der Waals surface area contributed by atoms with Gasteiger partial charge in [-0.2, -0.15) is 0 Å². The molecule has 0 atom stereocenters. The molecule has 0 amide bonds. The van der Waals surface area contributed by atoms with E-state index in [2.05, 4.69) is 34.3 Å². The lowest BCUT2D eigenvalue weighted by Gasteiger charge is -2.08. The molecule has 0 fully saturated rings. The van der Waals surface area contributed by atoms with Crippen LogP contribution in [0.3, 0.4) is 0 Å². The minimum Gasteiger partial charge on any atom is -0.378 e. The Bertz CT molecular complexity index is 540. The third kappa shape index (κ3) is 2.84. The van der Waals surface area contributed by atoms with Gasteiger partial charge in [0.15, 0.2) is 5.82 Å². The summed E-state index contributed by atoms with van der Waals surface area (Å²) in [6.07, 6.45) is 0. The van der Waals surface area contributed by atoms with Crippen molar-refractivity contribution in [3.8, 4) is 11.4 Å². The zero-order valence-electron chi connectivity index (χ0n) is 10.9. The zero-order valence-corrected chi connectivity index (χ0v) is 10.9. The van der Waals surface area contributed by atoms with Crippen molar-refractivity contribution in [2.75, 3.05) is 19.5 Å². The Labute approximate surface area is 107 Å². The van der Waals surface area contributed by atoms with Gasteiger partial charge in [-0.05, 0) is 13.0 Å². The molecule has 1 N–H and O–H groups in total. The van der Waals surface area contributed by atoms with Crippen molar-refractivity contribution in [1.29, 1.82) is 0 Å². The maximum Gasteiger partial charge on any atom is 0.161 e. The van der Waals surface area contributed by atoms with Crippen molar-refractivity contribution in [2.24, 2.45) is 0 Å². The Morgan fingerprint density at radius 1 is 1.22 bits per heavy atom. The average Bonchev–Trinajstić information content (AvgIpc) is 2.39. The third-order valence-electron chi connectivity index (χ3n) is 2.60. The molecule has 4 heteroatoms. The van der Waals surface area contributed by atoms with Crippen LogP contribution >= 0.6 is 0 Å². The number of rotatable bonds is 4. The highest BCUT2D eigenvalue weighted by molar-refractivity contribution is 5.58. The van der Waals surface area contributed by atoms with Gasteiger partial charge in [-0.25, -0.2) is 9.97 Å². The molecule has 4 nitrogen and oxygen atoms in total. The fourth-order valence-electron chi connectivity index (χ4n) is 1.76. The Kier molecular flexibility index (Phi) is 3.89. The Morgan fingerprint density at radius 2 is 2.06 bits per heavy atom. The van der Waals surface area contributed by atoms with Crippen LogP contribution in [-0.2, 0) is 11.3 Å². The number of ether oxygens (including phenoxy) is 1. The van der Waals surface area contributed by atoms with Gasteiger partial charge in [-0.3, -0.25) is 0 Å². The number of hydrogen-bond donors (Lipinski definition) is 1. The van der Waals surface area contributed by atoms with Crippen LogP contribution in [0, 0.1) is 6.92 Å². The Morgan fingerprint density at radius 3 is 2.72 bits per heavy atom.